The smallest absolute Gasteiger partial charge is 0.326 e. The summed E-state index contributed by atoms with van der Waals surface area (Å²) in [4.78, 5) is 12.6. The van der Waals surface area contributed by atoms with E-state index in [4.69, 9.17) is 10.5 Å². The van der Waals surface area contributed by atoms with Gasteiger partial charge in [0.2, 0.25) is 0 Å². The Hall–Kier alpha value is -1.52. The first-order chi connectivity index (χ1) is 9.03. The minimum atomic E-state index is -0.967. The minimum Gasteiger partial charge on any atom is -0.468 e. The van der Waals surface area contributed by atoms with Gasteiger partial charge in [-0.2, -0.15) is 0 Å². The van der Waals surface area contributed by atoms with Gasteiger partial charge in [-0.05, 0) is 29.8 Å². The van der Waals surface area contributed by atoms with Crippen LogP contribution in [0.1, 0.15) is 6.92 Å². The molecule has 100 valence electrons. The highest BCUT2D eigenvalue weighted by molar-refractivity contribution is 7.99. The zero-order chi connectivity index (χ0) is 13.9. The van der Waals surface area contributed by atoms with Gasteiger partial charge in [0.1, 0.15) is 5.54 Å². The SMILES string of the molecule is COC(=O)C(C)(N)CSc1ccc2ccccc2c1. The van der Waals surface area contributed by atoms with Crippen molar-refractivity contribution in [3.63, 3.8) is 0 Å². The Morgan fingerprint density at radius 1 is 1.26 bits per heavy atom. The van der Waals surface area contributed by atoms with Crippen molar-refractivity contribution in [2.45, 2.75) is 17.4 Å². The van der Waals surface area contributed by atoms with Crippen molar-refractivity contribution >= 4 is 28.5 Å². The normalized spacial score (nSPS) is 14.1. The highest BCUT2D eigenvalue weighted by Crippen LogP contribution is 2.26. The number of rotatable bonds is 4. The molecule has 4 heteroatoms. The van der Waals surface area contributed by atoms with Crippen LogP contribution >= 0.6 is 11.8 Å². The van der Waals surface area contributed by atoms with E-state index in [1.807, 2.05) is 18.2 Å². The fourth-order valence-corrected chi connectivity index (χ4v) is 2.74. The van der Waals surface area contributed by atoms with E-state index in [0.717, 1.165) is 4.90 Å². The molecule has 0 heterocycles. The largest absolute Gasteiger partial charge is 0.468 e. The molecular formula is C15H17NO2S. The van der Waals surface area contributed by atoms with Crippen LogP contribution in [0.2, 0.25) is 0 Å². The van der Waals surface area contributed by atoms with Gasteiger partial charge in [0.05, 0.1) is 7.11 Å². The second-order valence-electron chi connectivity index (χ2n) is 4.71. The maximum absolute atomic E-state index is 11.5. The first kappa shape index (κ1) is 13.9. The zero-order valence-corrected chi connectivity index (χ0v) is 11.9. The summed E-state index contributed by atoms with van der Waals surface area (Å²) in [6.45, 7) is 1.69. The van der Waals surface area contributed by atoms with Crippen molar-refractivity contribution in [2.75, 3.05) is 12.9 Å². The molecule has 2 N–H and O–H groups in total. The molecule has 0 fully saturated rings. The van der Waals surface area contributed by atoms with Crippen LogP contribution in [0.4, 0.5) is 0 Å². The fourth-order valence-electron chi connectivity index (χ4n) is 1.78. The van der Waals surface area contributed by atoms with E-state index < -0.39 is 5.54 Å². The fraction of sp³-hybridized carbons (Fsp3) is 0.267. The lowest BCUT2D eigenvalue weighted by molar-refractivity contribution is -0.145. The van der Waals surface area contributed by atoms with E-state index in [9.17, 15) is 4.79 Å². The number of fused-ring (bicyclic) bond motifs is 1. The topological polar surface area (TPSA) is 52.3 Å². The van der Waals surface area contributed by atoms with Crippen LogP contribution in [-0.4, -0.2) is 24.4 Å². The second kappa shape index (κ2) is 5.63. The van der Waals surface area contributed by atoms with E-state index in [2.05, 4.69) is 24.3 Å². The molecular weight excluding hydrogens is 258 g/mol. The summed E-state index contributed by atoms with van der Waals surface area (Å²) >= 11 is 1.56. The summed E-state index contributed by atoms with van der Waals surface area (Å²) in [7, 11) is 1.36. The predicted molar refractivity (Wildman–Crippen MR) is 79.3 cm³/mol. The lowest BCUT2D eigenvalue weighted by Crippen LogP contribution is -2.48. The van der Waals surface area contributed by atoms with Crippen molar-refractivity contribution < 1.29 is 9.53 Å². The molecule has 2 aromatic rings. The van der Waals surface area contributed by atoms with E-state index >= 15 is 0 Å². The number of hydrogen-bond acceptors (Lipinski definition) is 4. The van der Waals surface area contributed by atoms with E-state index in [-0.39, 0.29) is 5.97 Å². The lowest BCUT2D eigenvalue weighted by atomic mass is 10.1. The molecule has 19 heavy (non-hydrogen) atoms. The van der Waals surface area contributed by atoms with Gasteiger partial charge in [-0.1, -0.05) is 30.3 Å². The number of nitrogens with two attached hydrogens (primary N) is 1. The Morgan fingerprint density at radius 2 is 1.95 bits per heavy atom. The number of carbonyl (C=O) groups is 1. The summed E-state index contributed by atoms with van der Waals surface area (Å²) in [5, 5.41) is 2.39. The second-order valence-corrected chi connectivity index (χ2v) is 5.76. The quantitative estimate of drug-likeness (QED) is 0.688. The first-order valence-corrected chi connectivity index (χ1v) is 7.00. The molecule has 0 saturated heterocycles. The summed E-state index contributed by atoms with van der Waals surface area (Å²) in [6.07, 6.45) is 0. The van der Waals surface area contributed by atoms with E-state index in [0.29, 0.717) is 5.75 Å². The van der Waals surface area contributed by atoms with Gasteiger partial charge >= 0.3 is 5.97 Å². The van der Waals surface area contributed by atoms with E-state index in [1.54, 1.807) is 18.7 Å². The van der Waals surface area contributed by atoms with Gasteiger partial charge in [0.15, 0.2) is 0 Å². The third-order valence-electron chi connectivity index (χ3n) is 2.91. The van der Waals surface area contributed by atoms with Crippen molar-refractivity contribution in [1.29, 1.82) is 0 Å². The molecule has 1 unspecified atom stereocenters. The summed E-state index contributed by atoms with van der Waals surface area (Å²) in [5.74, 6) is 0.0960. The Kier molecular flexibility index (Phi) is 4.12. The number of esters is 1. The molecule has 0 aliphatic rings. The van der Waals surface area contributed by atoms with Crippen LogP contribution in [0.15, 0.2) is 47.4 Å². The number of benzene rings is 2. The van der Waals surface area contributed by atoms with Crippen molar-refractivity contribution in [3.05, 3.63) is 42.5 Å². The van der Waals surface area contributed by atoms with Crippen LogP contribution in [-0.2, 0) is 9.53 Å². The summed E-state index contributed by atoms with van der Waals surface area (Å²) in [5.41, 5.74) is 4.97. The van der Waals surface area contributed by atoms with E-state index in [1.165, 1.54) is 17.9 Å². The monoisotopic (exact) mass is 275 g/mol. The Bertz CT molecular complexity index is 595. The van der Waals surface area contributed by atoms with Gasteiger partial charge in [-0.3, -0.25) is 4.79 Å². The average molecular weight is 275 g/mol. The molecule has 0 radical (unpaired) electrons. The highest BCUT2D eigenvalue weighted by Gasteiger charge is 2.29. The summed E-state index contributed by atoms with van der Waals surface area (Å²) in [6, 6.07) is 14.4. The molecule has 2 aromatic carbocycles. The average Bonchev–Trinajstić information content (AvgIpc) is 2.44. The maximum atomic E-state index is 11.5. The minimum absolute atomic E-state index is 0.388. The molecule has 0 aliphatic carbocycles. The third kappa shape index (κ3) is 3.28. The van der Waals surface area contributed by atoms with Crippen LogP contribution in [0.25, 0.3) is 10.8 Å². The van der Waals surface area contributed by atoms with Crippen LogP contribution in [0.5, 0.6) is 0 Å². The molecule has 3 nitrogen and oxygen atoms in total. The van der Waals surface area contributed by atoms with Crippen LogP contribution < -0.4 is 5.73 Å². The number of methoxy groups -OCH3 is 1. The molecule has 2 rings (SSSR count). The maximum Gasteiger partial charge on any atom is 0.326 e. The van der Waals surface area contributed by atoms with Gasteiger partial charge in [-0.15, -0.1) is 11.8 Å². The molecule has 0 aromatic heterocycles. The van der Waals surface area contributed by atoms with Gasteiger partial charge in [0, 0.05) is 10.6 Å². The van der Waals surface area contributed by atoms with Crippen LogP contribution in [0.3, 0.4) is 0 Å². The van der Waals surface area contributed by atoms with Crippen molar-refractivity contribution in [3.8, 4) is 0 Å². The number of ether oxygens (including phenoxy) is 1. The first-order valence-electron chi connectivity index (χ1n) is 6.02. The van der Waals surface area contributed by atoms with Crippen LogP contribution in [0, 0.1) is 0 Å². The summed E-state index contributed by atoms with van der Waals surface area (Å²) < 4.78 is 4.70. The molecule has 0 aliphatic heterocycles. The van der Waals surface area contributed by atoms with Crippen molar-refractivity contribution in [1.82, 2.24) is 0 Å². The third-order valence-corrected chi connectivity index (χ3v) is 4.24. The molecule has 0 saturated carbocycles. The number of hydrogen-bond donors (Lipinski definition) is 1. The number of carbonyl (C=O) groups excluding carboxylic acids is 1. The zero-order valence-electron chi connectivity index (χ0n) is 11.1. The molecule has 0 spiro atoms. The standard InChI is InChI=1S/C15H17NO2S/c1-15(16,14(17)18-2)10-19-13-8-7-11-5-3-4-6-12(11)9-13/h3-9H,10,16H2,1-2H3. The number of thioether (sulfide) groups is 1. The lowest BCUT2D eigenvalue weighted by Gasteiger charge is -2.20. The predicted octanol–water partition coefficient (Wildman–Crippen LogP) is 2.82. The molecule has 1 atom stereocenters. The molecule has 0 bridgehead atoms. The Morgan fingerprint density at radius 3 is 2.63 bits per heavy atom. The Labute approximate surface area is 117 Å². The van der Waals surface area contributed by atoms with Crippen molar-refractivity contribution in [2.24, 2.45) is 5.73 Å². The highest BCUT2D eigenvalue weighted by atomic mass is 32.2. The van der Waals surface area contributed by atoms with Gasteiger partial charge in [-0.25, -0.2) is 0 Å². The van der Waals surface area contributed by atoms with Gasteiger partial charge < -0.3 is 10.5 Å². The Balaban J connectivity index is 2.12. The molecule has 0 amide bonds. The van der Waals surface area contributed by atoms with Gasteiger partial charge in [0.25, 0.3) is 0 Å².